The third-order valence-corrected chi connectivity index (χ3v) is 21.2. The Balaban J connectivity index is 0.811. The van der Waals surface area contributed by atoms with Gasteiger partial charge in [-0.15, -0.1) is 0 Å². The number of aliphatic hydroxyl groups is 2. The van der Waals surface area contributed by atoms with E-state index in [1.165, 1.54) is 39.2 Å². The van der Waals surface area contributed by atoms with Gasteiger partial charge in [-0.3, -0.25) is 0 Å². The van der Waals surface area contributed by atoms with Gasteiger partial charge in [-0.1, -0.05) is 205 Å². The van der Waals surface area contributed by atoms with Crippen molar-refractivity contribution in [2.75, 3.05) is 52.9 Å². The molecule has 442 valence electrons. The largest absolute Gasteiger partial charge is 0.491 e. The Morgan fingerprint density at radius 1 is 0.233 bits per heavy atom. The summed E-state index contributed by atoms with van der Waals surface area (Å²) in [4.78, 5) is 9.79. The molecular formula is C78H58O8S4. The molecule has 0 amide bonds. The molecule has 2 aliphatic rings. The molecule has 13 aromatic carbocycles. The first kappa shape index (κ1) is 57.5. The van der Waals surface area contributed by atoms with Gasteiger partial charge < -0.3 is 38.6 Å². The van der Waals surface area contributed by atoms with Crippen LogP contribution in [0, 0.1) is 0 Å². The van der Waals surface area contributed by atoms with Crippen LogP contribution in [0.5, 0.6) is 34.5 Å². The predicted octanol–water partition coefficient (Wildman–Crippen LogP) is 19.9. The predicted molar refractivity (Wildman–Crippen MR) is 368 cm³/mol. The van der Waals surface area contributed by atoms with Crippen molar-refractivity contribution in [3.63, 3.8) is 0 Å². The molecule has 0 bridgehead atoms. The fourth-order valence-corrected chi connectivity index (χ4v) is 16.6. The van der Waals surface area contributed by atoms with Crippen molar-refractivity contribution in [3.05, 3.63) is 243 Å². The van der Waals surface area contributed by atoms with E-state index in [-0.39, 0.29) is 52.9 Å². The SMILES string of the molecule is OCCOc1ccc2ccccc2c1-c1c(OCCOc2cc(-c3ccc4c(c3)Sc3ccccc3S4)c(-c3ccc4c(c3)Sc3ccccc3S4)cc2OCCOc2ccc3ccccc3c2-c2c(OCCO)ccc3ccccc23)ccc2ccccc12. The highest BCUT2D eigenvalue weighted by molar-refractivity contribution is 8.05. The smallest absolute Gasteiger partial charge is 0.162 e. The zero-order valence-corrected chi connectivity index (χ0v) is 52.0. The lowest BCUT2D eigenvalue weighted by Crippen LogP contribution is -2.13. The first-order chi connectivity index (χ1) is 44.5. The van der Waals surface area contributed by atoms with Crippen molar-refractivity contribution in [1.29, 1.82) is 0 Å². The maximum atomic E-state index is 9.95. The molecular weight excluding hydrogens is 1190 g/mol. The number of hydrogen-bond acceptors (Lipinski definition) is 12. The maximum Gasteiger partial charge on any atom is 0.162 e. The van der Waals surface area contributed by atoms with Gasteiger partial charge in [0.05, 0.1) is 13.2 Å². The lowest BCUT2D eigenvalue weighted by Gasteiger charge is -2.23. The average Bonchev–Trinajstić information content (AvgIpc) is 0.890. The zero-order valence-electron chi connectivity index (χ0n) is 48.7. The van der Waals surface area contributed by atoms with Crippen molar-refractivity contribution < 1.29 is 38.6 Å². The summed E-state index contributed by atoms with van der Waals surface area (Å²) in [5, 5.41) is 28.2. The van der Waals surface area contributed by atoms with Gasteiger partial charge in [-0.2, -0.15) is 0 Å². The quantitative estimate of drug-likeness (QED) is 0.0712. The highest BCUT2D eigenvalue weighted by Gasteiger charge is 2.26. The number of ether oxygens (including phenoxy) is 6. The van der Waals surface area contributed by atoms with Gasteiger partial charge in [0.25, 0.3) is 0 Å². The molecule has 0 radical (unpaired) electrons. The number of fused-ring (bicyclic) bond motifs is 8. The summed E-state index contributed by atoms with van der Waals surface area (Å²) in [6.45, 7) is 0.781. The van der Waals surface area contributed by atoms with Gasteiger partial charge in [-0.25, -0.2) is 0 Å². The number of rotatable bonds is 20. The molecule has 13 aromatic rings. The molecule has 0 unspecified atom stereocenters. The fourth-order valence-electron chi connectivity index (χ4n) is 12.1. The lowest BCUT2D eigenvalue weighted by atomic mass is 9.92. The first-order valence-electron chi connectivity index (χ1n) is 30.0. The van der Waals surface area contributed by atoms with Crippen LogP contribution in [0.25, 0.3) is 87.6 Å². The molecule has 0 saturated carbocycles. The van der Waals surface area contributed by atoms with Crippen LogP contribution in [0.4, 0.5) is 0 Å². The van der Waals surface area contributed by atoms with E-state index in [1.54, 1.807) is 47.0 Å². The molecule has 0 fully saturated rings. The van der Waals surface area contributed by atoms with Crippen LogP contribution in [0.2, 0.25) is 0 Å². The second-order valence-corrected chi connectivity index (χ2v) is 26.0. The molecule has 2 heterocycles. The molecule has 0 atom stereocenters. The molecule has 8 nitrogen and oxygen atoms in total. The van der Waals surface area contributed by atoms with E-state index in [0.717, 1.165) is 87.6 Å². The van der Waals surface area contributed by atoms with E-state index < -0.39 is 0 Å². The van der Waals surface area contributed by atoms with E-state index in [0.29, 0.717) is 34.5 Å². The second kappa shape index (κ2) is 25.9. The fraction of sp³-hybridized carbons (Fsp3) is 0.103. The molecule has 0 aliphatic carbocycles. The summed E-state index contributed by atoms with van der Waals surface area (Å²) in [6, 6.07) is 84.5. The summed E-state index contributed by atoms with van der Waals surface area (Å²) in [7, 11) is 0. The number of hydrogen-bond donors (Lipinski definition) is 2. The van der Waals surface area contributed by atoms with Gasteiger partial charge in [0.1, 0.15) is 62.6 Å². The van der Waals surface area contributed by atoms with Gasteiger partial charge in [0.15, 0.2) is 11.5 Å². The van der Waals surface area contributed by atoms with E-state index in [4.69, 9.17) is 28.4 Å². The Labute approximate surface area is 538 Å². The summed E-state index contributed by atoms with van der Waals surface area (Å²) in [5.41, 5.74) is 7.66. The van der Waals surface area contributed by atoms with Crippen molar-refractivity contribution in [1.82, 2.24) is 0 Å². The molecule has 90 heavy (non-hydrogen) atoms. The third kappa shape index (κ3) is 11.4. The van der Waals surface area contributed by atoms with Gasteiger partial charge in [0, 0.05) is 61.4 Å². The number of aliphatic hydroxyl groups excluding tert-OH is 2. The second-order valence-electron chi connectivity index (χ2n) is 21.6. The van der Waals surface area contributed by atoms with Crippen LogP contribution in [0.1, 0.15) is 0 Å². The zero-order chi connectivity index (χ0) is 60.3. The van der Waals surface area contributed by atoms with Gasteiger partial charge in [0.2, 0.25) is 0 Å². The van der Waals surface area contributed by atoms with E-state index in [1.807, 2.05) is 72.8 Å². The molecule has 0 aromatic heterocycles. The third-order valence-electron chi connectivity index (χ3n) is 16.1. The summed E-state index contributed by atoms with van der Waals surface area (Å²) >= 11 is 7.20. The molecule has 2 aliphatic heterocycles. The summed E-state index contributed by atoms with van der Waals surface area (Å²) < 4.78 is 40.4. The number of benzene rings is 13. The molecule has 2 N–H and O–H groups in total. The molecule has 15 rings (SSSR count). The van der Waals surface area contributed by atoms with E-state index >= 15 is 0 Å². The van der Waals surface area contributed by atoms with Crippen LogP contribution in [0.3, 0.4) is 0 Å². The van der Waals surface area contributed by atoms with Crippen LogP contribution in [-0.2, 0) is 0 Å². The van der Waals surface area contributed by atoms with Gasteiger partial charge in [-0.05, 0) is 150 Å². The topological polar surface area (TPSA) is 95.8 Å². The Kier molecular flexibility index (Phi) is 16.5. The Morgan fingerprint density at radius 3 is 0.822 bits per heavy atom. The molecule has 0 spiro atoms. The lowest BCUT2D eigenvalue weighted by molar-refractivity contribution is 0.192. The standard InChI is InChI=1S/C78H58O8S4/c79-37-39-81-61-31-25-49-13-1-5-17-55(49)75(61)77-57-19-7-3-15-51(57)27-33-63(77)83-41-43-85-65-47-59(53-29-35-71-73(45-53)89-69-23-11-9-21-67(69)87-71)60(54-30-36-72-74(46-54)90-70-24-12-10-22-68(70)88-72)48-66(65)86-44-42-84-64-34-28-52-16-4-8-20-58(52)78(64)76-56-18-6-2-14-50(56)26-32-62(76)82-40-38-80/h1-36,45-48,79-80H,37-44H2. The van der Waals surface area contributed by atoms with Gasteiger partial charge >= 0.3 is 0 Å². The molecule has 12 heteroatoms. The Hall–Kier alpha value is -8.98. The first-order valence-corrected chi connectivity index (χ1v) is 33.2. The van der Waals surface area contributed by atoms with Crippen LogP contribution >= 0.6 is 47.0 Å². The minimum atomic E-state index is -0.121. The summed E-state index contributed by atoms with van der Waals surface area (Å²) in [6.07, 6.45) is 0. The van der Waals surface area contributed by atoms with Crippen molar-refractivity contribution in [2.24, 2.45) is 0 Å². The molecule has 0 saturated heterocycles. The van der Waals surface area contributed by atoms with Crippen molar-refractivity contribution in [2.45, 2.75) is 39.2 Å². The van der Waals surface area contributed by atoms with E-state index in [2.05, 4.69) is 170 Å². The Morgan fingerprint density at radius 2 is 0.500 bits per heavy atom. The average molecular weight is 1250 g/mol. The van der Waals surface area contributed by atoms with E-state index in [9.17, 15) is 10.2 Å². The monoisotopic (exact) mass is 1250 g/mol. The normalized spacial score (nSPS) is 12.3. The Bertz CT molecular complexity index is 4570. The van der Waals surface area contributed by atoms with Crippen molar-refractivity contribution >= 4 is 90.1 Å². The maximum absolute atomic E-state index is 9.95. The summed E-state index contributed by atoms with van der Waals surface area (Å²) in [5.74, 6) is 3.77. The minimum absolute atomic E-state index is 0.121. The minimum Gasteiger partial charge on any atom is -0.491 e. The van der Waals surface area contributed by atoms with Crippen LogP contribution < -0.4 is 28.4 Å². The van der Waals surface area contributed by atoms with Crippen LogP contribution in [0.15, 0.2) is 282 Å². The van der Waals surface area contributed by atoms with Crippen molar-refractivity contribution in [3.8, 4) is 79.0 Å². The highest BCUT2D eigenvalue weighted by Crippen LogP contribution is 2.54. The van der Waals surface area contributed by atoms with Crippen LogP contribution in [-0.4, -0.2) is 63.1 Å². The highest BCUT2D eigenvalue weighted by atomic mass is 32.2.